The zero-order valence-electron chi connectivity index (χ0n) is 12.1. The summed E-state index contributed by atoms with van der Waals surface area (Å²) < 4.78 is 5.98. The fourth-order valence-corrected chi connectivity index (χ4v) is 2.61. The smallest absolute Gasteiger partial charge is 0.124 e. The topological polar surface area (TPSA) is 12.5 Å². The molecule has 1 heterocycles. The number of benzene rings is 2. The van der Waals surface area contributed by atoms with E-state index in [1.807, 2.05) is 0 Å². The molecule has 1 unspecified atom stereocenters. The van der Waals surface area contributed by atoms with Crippen LogP contribution in [0.2, 0.25) is 0 Å². The van der Waals surface area contributed by atoms with E-state index in [-0.39, 0.29) is 0 Å². The highest BCUT2D eigenvalue weighted by Gasteiger charge is 2.32. The Labute approximate surface area is 121 Å². The number of hydrogen-bond acceptors (Lipinski definition) is 2. The first kappa shape index (κ1) is 13.2. The Kier molecular flexibility index (Phi) is 3.75. The van der Waals surface area contributed by atoms with Crippen LogP contribution in [0.4, 0.5) is 0 Å². The zero-order valence-corrected chi connectivity index (χ0v) is 12.1. The molecule has 1 saturated heterocycles. The van der Waals surface area contributed by atoms with Gasteiger partial charge in [-0.3, -0.25) is 4.90 Å². The minimum atomic E-state index is 0.323. The van der Waals surface area contributed by atoms with E-state index in [1.165, 1.54) is 11.1 Å². The van der Waals surface area contributed by atoms with Crippen molar-refractivity contribution in [2.45, 2.75) is 26.0 Å². The van der Waals surface area contributed by atoms with Crippen molar-refractivity contribution in [2.75, 3.05) is 13.1 Å². The minimum Gasteiger partial charge on any atom is -0.488 e. The zero-order chi connectivity index (χ0) is 13.9. The number of hydrogen-bond donors (Lipinski definition) is 0. The van der Waals surface area contributed by atoms with E-state index in [0.717, 1.165) is 18.8 Å². The second kappa shape index (κ2) is 5.68. The van der Waals surface area contributed by atoms with Crippen molar-refractivity contribution < 1.29 is 4.74 Å². The Morgan fingerprint density at radius 2 is 1.65 bits per heavy atom. The molecule has 3 rings (SSSR count). The van der Waals surface area contributed by atoms with Gasteiger partial charge in [0.25, 0.3) is 0 Å². The summed E-state index contributed by atoms with van der Waals surface area (Å²) in [7, 11) is 0. The van der Waals surface area contributed by atoms with Crippen molar-refractivity contribution in [1.29, 1.82) is 0 Å². The van der Waals surface area contributed by atoms with Crippen LogP contribution in [0.5, 0.6) is 5.75 Å². The summed E-state index contributed by atoms with van der Waals surface area (Å²) in [6.07, 6.45) is 0.323. The van der Waals surface area contributed by atoms with Gasteiger partial charge in [-0.1, -0.05) is 48.0 Å². The molecule has 2 heteroatoms. The van der Waals surface area contributed by atoms with Crippen molar-refractivity contribution in [3.63, 3.8) is 0 Å². The number of ether oxygens (including phenoxy) is 1. The Bertz CT molecular complexity index is 543. The van der Waals surface area contributed by atoms with Gasteiger partial charge >= 0.3 is 0 Å². The van der Waals surface area contributed by atoms with Crippen LogP contribution in [0.15, 0.2) is 54.6 Å². The summed E-state index contributed by atoms with van der Waals surface area (Å²) in [5, 5.41) is 0. The van der Waals surface area contributed by atoms with E-state index in [0.29, 0.717) is 12.1 Å². The molecule has 0 radical (unpaired) electrons. The largest absolute Gasteiger partial charge is 0.488 e. The molecule has 1 aliphatic heterocycles. The van der Waals surface area contributed by atoms with Crippen LogP contribution >= 0.6 is 0 Å². The first-order valence-corrected chi connectivity index (χ1v) is 7.25. The van der Waals surface area contributed by atoms with Crippen molar-refractivity contribution in [1.82, 2.24) is 4.90 Å². The molecule has 0 saturated carbocycles. The minimum absolute atomic E-state index is 0.323. The van der Waals surface area contributed by atoms with Crippen molar-refractivity contribution in [2.24, 2.45) is 0 Å². The standard InChI is InChI=1S/C18H21NO/c1-14-8-10-17(11-9-14)20-18-12-19(13-18)15(2)16-6-4-3-5-7-16/h3-11,15,18H,12-13H2,1-2H3. The lowest BCUT2D eigenvalue weighted by Gasteiger charge is -2.43. The Morgan fingerprint density at radius 3 is 2.30 bits per heavy atom. The van der Waals surface area contributed by atoms with E-state index < -0.39 is 0 Å². The van der Waals surface area contributed by atoms with Gasteiger partial charge in [-0.2, -0.15) is 0 Å². The molecule has 2 aromatic carbocycles. The Balaban J connectivity index is 1.52. The van der Waals surface area contributed by atoms with Crippen LogP contribution in [-0.2, 0) is 0 Å². The van der Waals surface area contributed by atoms with Crippen LogP contribution in [0.1, 0.15) is 24.1 Å². The maximum atomic E-state index is 5.98. The molecule has 0 N–H and O–H groups in total. The molecule has 1 fully saturated rings. The molecule has 0 bridgehead atoms. The third-order valence-electron chi connectivity index (χ3n) is 4.03. The third-order valence-corrected chi connectivity index (χ3v) is 4.03. The average Bonchev–Trinajstić information content (AvgIpc) is 2.45. The molecule has 0 aromatic heterocycles. The summed E-state index contributed by atoms with van der Waals surface area (Å²) in [5.41, 5.74) is 2.64. The number of nitrogens with zero attached hydrogens (tertiary/aromatic N) is 1. The lowest BCUT2D eigenvalue weighted by atomic mass is 10.0. The monoisotopic (exact) mass is 267 g/mol. The van der Waals surface area contributed by atoms with Crippen LogP contribution in [-0.4, -0.2) is 24.1 Å². The summed E-state index contributed by atoms with van der Waals surface area (Å²) in [6.45, 7) is 6.36. The highest BCUT2D eigenvalue weighted by Crippen LogP contribution is 2.27. The van der Waals surface area contributed by atoms with E-state index >= 15 is 0 Å². The molecule has 20 heavy (non-hydrogen) atoms. The molecule has 0 spiro atoms. The van der Waals surface area contributed by atoms with Gasteiger partial charge in [-0.25, -0.2) is 0 Å². The van der Waals surface area contributed by atoms with Gasteiger partial charge in [0.05, 0.1) is 0 Å². The fourth-order valence-electron chi connectivity index (χ4n) is 2.61. The van der Waals surface area contributed by atoms with Gasteiger partial charge in [0.2, 0.25) is 0 Å². The summed E-state index contributed by atoms with van der Waals surface area (Å²) >= 11 is 0. The van der Waals surface area contributed by atoms with E-state index in [1.54, 1.807) is 0 Å². The Hall–Kier alpha value is -1.80. The fraction of sp³-hybridized carbons (Fsp3) is 0.333. The predicted molar refractivity (Wildman–Crippen MR) is 82.0 cm³/mol. The van der Waals surface area contributed by atoms with E-state index in [4.69, 9.17) is 4.74 Å². The van der Waals surface area contributed by atoms with Crippen molar-refractivity contribution >= 4 is 0 Å². The summed E-state index contributed by atoms with van der Waals surface area (Å²) in [5.74, 6) is 0.979. The van der Waals surface area contributed by atoms with E-state index in [9.17, 15) is 0 Å². The highest BCUT2D eigenvalue weighted by atomic mass is 16.5. The third kappa shape index (κ3) is 2.86. The molecule has 1 atom stereocenters. The normalized spacial score (nSPS) is 17.5. The van der Waals surface area contributed by atoms with Gasteiger partial charge in [-0.15, -0.1) is 0 Å². The number of aryl methyl sites for hydroxylation is 1. The van der Waals surface area contributed by atoms with Crippen molar-refractivity contribution in [3.05, 3.63) is 65.7 Å². The maximum absolute atomic E-state index is 5.98. The molecule has 0 aliphatic carbocycles. The van der Waals surface area contributed by atoms with Crippen LogP contribution in [0.25, 0.3) is 0 Å². The quantitative estimate of drug-likeness (QED) is 0.835. The SMILES string of the molecule is Cc1ccc(OC2CN(C(C)c3ccccc3)C2)cc1. The molecule has 1 aliphatic rings. The van der Waals surface area contributed by atoms with Gasteiger partial charge in [0.15, 0.2) is 0 Å². The lowest BCUT2D eigenvalue weighted by Crippen LogP contribution is -2.54. The highest BCUT2D eigenvalue weighted by molar-refractivity contribution is 5.27. The molecule has 104 valence electrons. The molecule has 0 amide bonds. The first-order valence-electron chi connectivity index (χ1n) is 7.25. The molecular formula is C18H21NO. The number of rotatable bonds is 4. The van der Waals surface area contributed by atoms with Gasteiger partial charge < -0.3 is 4.74 Å². The maximum Gasteiger partial charge on any atom is 0.124 e. The van der Waals surface area contributed by atoms with Crippen LogP contribution in [0.3, 0.4) is 0 Å². The van der Waals surface area contributed by atoms with Crippen molar-refractivity contribution in [3.8, 4) is 5.75 Å². The summed E-state index contributed by atoms with van der Waals surface area (Å²) in [6, 6.07) is 19.4. The lowest BCUT2D eigenvalue weighted by molar-refractivity contribution is -0.00522. The summed E-state index contributed by atoms with van der Waals surface area (Å²) in [4.78, 5) is 2.45. The molecule has 2 aromatic rings. The van der Waals surface area contributed by atoms with Gasteiger partial charge in [0, 0.05) is 19.1 Å². The second-order valence-electron chi connectivity index (χ2n) is 5.59. The first-order chi connectivity index (χ1) is 9.72. The van der Waals surface area contributed by atoms with E-state index in [2.05, 4.69) is 73.3 Å². The average molecular weight is 267 g/mol. The molecule has 2 nitrogen and oxygen atoms in total. The number of likely N-dealkylation sites (tertiary alicyclic amines) is 1. The molecular weight excluding hydrogens is 246 g/mol. The van der Waals surface area contributed by atoms with Gasteiger partial charge in [-0.05, 0) is 31.5 Å². The van der Waals surface area contributed by atoms with Crippen LogP contribution in [0, 0.1) is 6.92 Å². The second-order valence-corrected chi connectivity index (χ2v) is 5.59. The van der Waals surface area contributed by atoms with Crippen LogP contribution < -0.4 is 4.74 Å². The predicted octanol–water partition coefficient (Wildman–Crippen LogP) is 3.82. The Morgan fingerprint density at radius 1 is 1.00 bits per heavy atom. The van der Waals surface area contributed by atoms with Gasteiger partial charge in [0.1, 0.15) is 11.9 Å².